The van der Waals surface area contributed by atoms with Crippen LogP contribution < -0.4 is 14.8 Å². The first kappa shape index (κ1) is 18.1. The molecule has 0 atom stereocenters. The number of anilines is 3. The predicted octanol–water partition coefficient (Wildman–Crippen LogP) is 4.51. The fraction of sp³-hybridized carbons (Fsp3) is 0.0952. The summed E-state index contributed by atoms with van der Waals surface area (Å²) in [6, 6.07) is 20.8. The average molecular weight is 393 g/mol. The van der Waals surface area contributed by atoms with E-state index in [1.807, 2.05) is 54.6 Å². The molecule has 2 N–H and O–H groups in total. The highest BCUT2D eigenvalue weighted by Gasteiger charge is 2.10. The number of hydrogen-bond donors (Lipinski definition) is 2. The van der Waals surface area contributed by atoms with E-state index in [4.69, 9.17) is 9.72 Å². The van der Waals surface area contributed by atoms with Gasteiger partial charge in [-0.1, -0.05) is 18.2 Å². The van der Waals surface area contributed by atoms with Crippen molar-refractivity contribution < 1.29 is 13.2 Å². The summed E-state index contributed by atoms with van der Waals surface area (Å²) in [7, 11) is -1.67. The summed E-state index contributed by atoms with van der Waals surface area (Å²) in [5.74, 6) is 0.748. The van der Waals surface area contributed by atoms with Crippen LogP contribution in [0.3, 0.4) is 0 Å². The molecule has 0 amide bonds. The third-order valence-corrected chi connectivity index (χ3v) is 4.95. The average Bonchev–Trinajstić information content (AvgIpc) is 2.67. The molecule has 142 valence electrons. The van der Waals surface area contributed by atoms with Gasteiger partial charge in [0.05, 0.1) is 30.1 Å². The van der Waals surface area contributed by atoms with Gasteiger partial charge in [-0.3, -0.25) is 4.72 Å². The van der Waals surface area contributed by atoms with Crippen LogP contribution in [0.5, 0.6) is 5.75 Å². The van der Waals surface area contributed by atoms with Crippen LogP contribution in [0, 0.1) is 0 Å². The van der Waals surface area contributed by atoms with Crippen LogP contribution in [0.4, 0.5) is 17.1 Å². The van der Waals surface area contributed by atoms with Crippen LogP contribution >= 0.6 is 0 Å². The summed E-state index contributed by atoms with van der Waals surface area (Å²) in [6.07, 6.45) is 1.13. The lowest BCUT2D eigenvalue weighted by Gasteiger charge is -2.14. The van der Waals surface area contributed by atoms with Crippen molar-refractivity contribution in [2.24, 2.45) is 0 Å². The van der Waals surface area contributed by atoms with Crippen molar-refractivity contribution in [3.8, 4) is 5.75 Å². The number of benzene rings is 3. The minimum Gasteiger partial charge on any atom is -0.497 e. The van der Waals surface area contributed by atoms with Crippen molar-refractivity contribution in [3.63, 3.8) is 0 Å². The van der Waals surface area contributed by atoms with Crippen LogP contribution in [-0.4, -0.2) is 26.8 Å². The number of ether oxygens (including phenoxy) is 1. The molecule has 0 fully saturated rings. The molecule has 1 heterocycles. The maximum absolute atomic E-state index is 11.4. The number of aromatic nitrogens is 1. The lowest BCUT2D eigenvalue weighted by Crippen LogP contribution is -2.09. The molecule has 3 aromatic carbocycles. The quantitative estimate of drug-likeness (QED) is 0.488. The fourth-order valence-corrected chi connectivity index (χ4v) is 3.68. The standard InChI is InChI=1S/C21H19N3O3S/c1-27-16-11-12-18-20(13-16)23-19-6-4-3-5-17(19)21(18)22-14-7-9-15(10-8-14)24-28(2,25)26/h3-13,24H,1-2H3,(H,22,23). The van der Waals surface area contributed by atoms with Crippen LogP contribution in [0.2, 0.25) is 0 Å². The topological polar surface area (TPSA) is 80.3 Å². The molecular formula is C21H19N3O3S. The van der Waals surface area contributed by atoms with E-state index in [2.05, 4.69) is 10.0 Å². The zero-order valence-corrected chi connectivity index (χ0v) is 16.2. The molecule has 0 saturated heterocycles. The highest BCUT2D eigenvalue weighted by Crippen LogP contribution is 2.34. The number of methoxy groups -OCH3 is 1. The Hall–Kier alpha value is -3.32. The van der Waals surface area contributed by atoms with E-state index in [1.165, 1.54) is 0 Å². The Balaban J connectivity index is 1.80. The molecular weight excluding hydrogens is 374 g/mol. The fourth-order valence-electron chi connectivity index (χ4n) is 3.11. The number of sulfonamides is 1. The van der Waals surface area contributed by atoms with Crippen molar-refractivity contribution in [1.29, 1.82) is 0 Å². The Labute approximate surface area is 163 Å². The van der Waals surface area contributed by atoms with Gasteiger partial charge in [0.15, 0.2) is 0 Å². The first-order valence-electron chi connectivity index (χ1n) is 8.64. The minimum absolute atomic E-state index is 0.516. The van der Waals surface area contributed by atoms with Gasteiger partial charge >= 0.3 is 0 Å². The molecule has 0 bridgehead atoms. The monoisotopic (exact) mass is 393 g/mol. The number of nitrogens with zero attached hydrogens (tertiary/aromatic N) is 1. The van der Waals surface area contributed by atoms with Crippen molar-refractivity contribution in [3.05, 3.63) is 66.7 Å². The predicted molar refractivity (Wildman–Crippen MR) is 114 cm³/mol. The van der Waals surface area contributed by atoms with E-state index in [0.717, 1.165) is 45.2 Å². The van der Waals surface area contributed by atoms with Gasteiger partial charge in [-0.2, -0.15) is 0 Å². The normalized spacial score (nSPS) is 11.5. The van der Waals surface area contributed by atoms with E-state index >= 15 is 0 Å². The maximum Gasteiger partial charge on any atom is 0.229 e. The number of para-hydroxylation sites is 1. The molecule has 1 aromatic heterocycles. The lowest BCUT2D eigenvalue weighted by molar-refractivity contribution is 0.415. The molecule has 0 radical (unpaired) electrons. The molecule has 0 aliphatic heterocycles. The Morgan fingerprint density at radius 3 is 2.25 bits per heavy atom. The summed E-state index contributed by atoms with van der Waals surface area (Å²) in [5.41, 5.74) is 4.00. The molecule has 28 heavy (non-hydrogen) atoms. The van der Waals surface area contributed by atoms with E-state index < -0.39 is 10.0 Å². The molecule has 0 unspecified atom stereocenters. The van der Waals surface area contributed by atoms with Gasteiger partial charge in [0.2, 0.25) is 10.0 Å². The Morgan fingerprint density at radius 1 is 0.857 bits per heavy atom. The SMILES string of the molecule is COc1ccc2c(Nc3ccc(NS(C)(=O)=O)cc3)c3ccccc3nc2c1. The minimum atomic E-state index is -3.30. The summed E-state index contributed by atoms with van der Waals surface area (Å²) in [6.45, 7) is 0. The van der Waals surface area contributed by atoms with Crippen molar-refractivity contribution in [2.45, 2.75) is 0 Å². The first-order valence-corrected chi connectivity index (χ1v) is 10.5. The van der Waals surface area contributed by atoms with Crippen LogP contribution in [-0.2, 0) is 10.0 Å². The molecule has 4 aromatic rings. The third-order valence-electron chi connectivity index (χ3n) is 4.35. The lowest BCUT2D eigenvalue weighted by atomic mass is 10.1. The largest absolute Gasteiger partial charge is 0.497 e. The molecule has 0 saturated carbocycles. The van der Waals surface area contributed by atoms with Crippen molar-refractivity contribution >= 4 is 48.9 Å². The first-order chi connectivity index (χ1) is 13.4. The van der Waals surface area contributed by atoms with Gasteiger partial charge in [-0.05, 0) is 42.5 Å². The van der Waals surface area contributed by atoms with E-state index in [0.29, 0.717) is 5.69 Å². The van der Waals surface area contributed by atoms with Gasteiger partial charge in [0, 0.05) is 28.2 Å². The molecule has 6 nitrogen and oxygen atoms in total. The van der Waals surface area contributed by atoms with Gasteiger partial charge in [-0.15, -0.1) is 0 Å². The summed E-state index contributed by atoms with van der Waals surface area (Å²) >= 11 is 0. The number of hydrogen-bond acceptors (Lipinski definition) is 5. The maximum atomic E-state index is 11.4. The number of rotatable bonds is 5. The molecule has 7 heteroatoms. The molecule has 4 rings (SSSR count). The second kappa shape index (κ2) is 7.01. The van der Waals surface area contributed by atoms with Gasteiger partial charge in [-0.25, -0.2) is 13.4 Å². The zero-order chi connectivity index (χ0) is 19.7. The van der Waals surface area contributed by atoms with E-state index in [1.54, 1.807) is 19.2 Å². The second-order valence-electron chi connectivity index (χ2n) is 6.46. The van der Waals surface area contributed by atoms with Gasteiger partial charge < -0.3 is 10.1 Å². The number of pyridine rings is 1. The Morgan fingerprint density at radius 2 is 1.54 bits per heavy atom. The van der Waals surface area contributed by atoms with Gasteiger partial charge in [0.1, 0.15) is 5.75 Å². The summed E-state index contributed by atoms with van der Waals surface area (Å²) in [4.78, 5) is 4.75. The van der Waals surface area contributed by atoms with E-state index in [9.17, 15) is 8.42 Å². The Bertz CT molecular complexity index is 1270. The van der Waals surface area contributed by atoms with Crippen molar-refractivity contribution in [2.75, 3.05) is 23.4 Å². The van der Waals surface area contributed by atoms with Gasteiger partial charge in [0.25, 0.3) is 0 Å². The van der Waals surface area contributed by atoms with Crippen molar-refractivity contribution in [1.82, 2.24) is 4.98 Å². The number of nitrogens with one attached hydrogen (secondary N) is 2. The van der Waals surface area contributed by atoms with E-state index in [-0.39, 0.29) is 0 Å². The molecule has 0 aliphatic rings. The summed E-state index contributed by atoms with van der Waals surface area (Å²) in [5, 5.41) is 5.43. The zero-order valence-electron chi connectivity index (χ0n) is 15.4. The summed E-state index contributed by atoms with van der Waals surface area (Å²) < 4.78 is 30.5. The molecule has 0 spiro atoms. The van der Waals surface area contributed by atoms with Crippen LogP contribution in [0.1, 0.15) is 0 Å². The number of fused-ring (bicyclic) bond motifs is 2. The smallest absolute Gasteiger partial charge is 0.229 e. The van der Waals surface area contributed by atoms with Crippen LogP contribution in [0.25, 0.3) is 21.8 Å². The highest BCUT2D eigenvalue weighted by molar-refractivity contribution is 7.92. The highest BCUT2D eigenvalue weighted by atomic mass is 32.2. The third kappa shape index (κ3) is 3.70. The Kier molecular flexibility index (Phi) is 4.52. The van der Waals surface area contributed by atoms with Crippen LogP contribution in [0.15, 0.2) is 66.7 Å². The second-order valence-corrected chi connectivity index (χ2v) is 8.21. The molecule has 0 aliphatic carbocycles.